The Morgan fingerprint density at radius 1 is 1.16 bits per heavy atom. The predicted molar refractivity (Wildman–Crippen MR) is 95.4 cm³/mol. The number of rotatable bonds is 7. The van der Waals surface area contributed by atoms with E-state index in [1.807, 2.05) is 60.0 Å². The minimum absolute atomic E-state index is 0.145. The van der Waals surface area contributed by atoms with Gasteiger partial charge in [0.15, 0.2) is 0 Å². The van der Waals surface area contributed by atoms with Crippen LogP contribution in [0.3, 0.4) is 0 Å². The molecule has 0 spiro atoms. The summed E-state index contributed by atoms with van der Waals surface area (Å²) in [6, 6.07) is 13.0. The van der Waals surface area contributed by atoms with Crippen LogP contribution in [0.25, 0.3) is 5.65 Å². The quantitative estimate of drug-likeness (QED) is 0.672. The summed E-state index contributed by atoms with van der Waals surface area (Å²) in [7, 11) is 1.62. The van der Waals surface area contributed by atoms with Gasteiger partial charge in [-0.2, -0.15) is 0 Å². The van der Waals surface area contributed by atoms with Crippen molar-refractivity contribution in [1.29, 1.82) is 0 Å². The second-order valence-corrected chi connectivity index (χ2v) is 5.47. The Morgan fingerprint density at radius 2 is 1.92 bits per heavy atom. The van der Waals surface area contributed by atoms with Crippen LogP contribution in [0.15, 0.2) is 48.7 Å². The molecule has 130 valence electrons. The highest BCUT2D eigenvalue weighted by atomic mass is 16.5. The van der Waals surface area contributed by atoms with Crippen molar-refractivity contribution in [3.63, 3.8) is 0 Å². The molecule has 2 heterocycles. The number of methoxy groups -OCH3 is 1. The van der Waals surface area contributed by atoms with E-state index in [1.54, 1.807) is 7.11 Å². The summed E-state index contributed by atoms with van der Waals surface area (Å²) in [6.07, 6.45) is 2.55. The third-order valence-electron chi connectivity index (χ3n) is 3.87. The van der Waals surface area contributed by atoms with Crippen LogP contribution < -0.4 is 14.8 Å². The van der Waals surface area contributed by atoms with Gasteiger partial charge in [-0.15, -0.1) is 0 Å². The molecule has 3 rings (SSSR count). The lowest BCUT2D eigenvalue weighted by Gasteiger charge is -2.09. The van der Waals surface area contributed by atoms with E-state index in [2.05, 4.69) is 10.3 Å². The van der Waals surface area contributed by atoms with Crippen molar-refractivity contribution in [1.82, 2.24) is 14.7 Å². The zero-order valence-electron chi connectivity index (χ0n) is 14.4. The van der Waals surface area contributed by atoms with Gasteiger partial charge in [0.05, 0.1) is 19.3 Å². The zero-order chi connectivity index (χ0) is 17.6. The number of hydrogen-bond donors (Lipinski definition) is 1. The molecule has 0 atom stereocenters. The molecular weight excluding hydrogens is 318 g/mol. The number of fused-ring (bicyclic) bond motifs is 1. The van der Waals surface area contributed by atoms with Crippen molar-refractivity contribution < 1.29 is 14.3 Å². The summed E-state index contributed by atoms with van der Waals surface area (Å²) in [5, 5.41) is 2.90. The molecule has 0 aliphatic carbocycles. The van der Waals surface area contributed by atoms with E-state index in [4.69, 9.17) is 9.47 Å². The summed E-state index contributed by atoms with van der Waals surface area (Å²) in [5.41, 5.74) is 2.15. The summed E-state index contributed by atoms with van der Waals surface area (Å²) in [6.45, 7) is 2.79. The van der Waals surface area contributed by atoms with Gasteiger partial charge in [-0.05, 0) is 42.8 Å². The van der Waals surface area contributed by atoms with Crippen molar-refractivity contribution >= 4 is 11.6 Å². The molecule has 1 amide bonds. The van der Waals surface area contributed by atoms with Crippen molar-refractivity contribution in [2.45, 2.75) is 13.3 Å². The second-order valence-electron chi connectivity index (χ2n) is 5.47. The Kier molecular flexibility index (Phi) is 5.18. The zero-order valence-corrected chi connectivity index (χ0v) is 14.4. The lowest BCUT2D eigenvalue weighted by Crippen LogP contribution is -2.29. The van der Waals surface area contributed by atoms with E-state index in [1.165, 1.54) is 0 Å². The van der Waals surface area contributed by atoms with Gasteiger partial charge in [-0.3, -0.25) is 9.20 Å². The fourth-order valence-corrected chi connectivity index (χ4v) is 2.62. The molecule has 0 bridgehead atoms. The van der Waals surface area contributed by atoms with E-state index in [0.717, 1.165) is 22.8 Å². The third-order valence-corrected chi connectivity index (χ3v) is 3.87. The molecule has 0 radical (unpaired) electrons. The molecule has 6 nitrogen and oxygen atoms in total. The van der Waals surface area contributed by atoms with Crippen LogP contribution in [-0.4, -0.2) is 35.6 Å². The van der Waals surface area contributed by atoms with Crippen LogP contribution in [0.1, 0.15) is 23.1 Å². The Morgan fingerprint density at radius 3 is 2.64 bits per heavy atom. The Bertz CT molecular complexity index is 856. The van der Waals surface area contributed by atoms with Crippen LogP contribution in [0.4, 0.5) is 0 Å². The van der Waals surface area contributed by atoms with E-state index < -0.39 is 0 Å². The maximum Gasteiger partial charge on any atom is 0.270 e. The summed E-state index contributed by atoms with van der Waals surface area (Å²) in [5.74, 6) is 1.37. The number of nitrogens with one attached hydrogen (secondary N) is 1. The molecule has 2 aromatic heterocycles. The fourth-order valence-electron chi connectivity index (χ4n) is 2.62. The predicted octanol–water partition coefficient (Wildman–Crippen LogP) is 2.71. The number of carbonyl (C=O) groups excluding carboxylic acids is 1. The average Bonchev–Trinajstić information content (AvgIpc) is 3.04. The number of nitrogens with zero attached hydrogens (tertiary/aromatic N) is 2. The fraction of sp³-hybridized carbons (Fsp3) is 0.263. The highest BCUT2D eigenvalue weighted by molar-refractivity contribution is 5.94. The molecule has 0 saturated heterocycles. The minimum atomic E-state index is -0.145. The topological polar surface area (TPSA) is 64.9 Å². The number of amides is 1. The van der Waals surface area contributed by atoms with Crippen molar-refractivity contribution in [3.8, 4) is 11.5 Å². The highest BCUT2D eigenvalue weighted by Gasteiger charge is 2.17. The van der Waals surface area contributed by atoms with Gasteiger partial charge in [-0.1, -0.05) is 13.0 Å². The molecule has 1 aromatic carbocycles. The Labute approximate surface area is 146 Å². The highest BCUT2D eigenvalue weighted by Crippen LogP contribution is 2.17. The molecule has 0 unspecified atom stereocenters. The number of hydrogen-bond acceptors (Lipinski definition) is 4. The molecule has 1 N–H and O–H groups in total. The smallest absolute Gasteiger partial charge is 0.270 e. The molecule has 0 saturated carbocycles. The maximum atomic E-state index is 12.6. The lowest BCUT2D eigenvalue weighted by molar-refractivity contribution is 0.0940. The van der Waals surface area contributed by atoms with Crippen molar-refractivity contribution in [2.24, 2.45) is 0 Å². The van der Waals surface area contributed by atoms with E-state index in [9.17, 15) is 4.79 Å². The number of pyridine rings is 1. The SMILES string of the molecule is CCc1nc2ccccn2c1C(=O)NCCOc1ccc(OC)cc1. The first-order valence-corrected chi connectivity index (χ1v) is 8.24. The average molecular weight is 339 g/mol. The number of carbonyl (C=O) groups is 1. The van der Waals surface area contributed by atoms with Gasteiger partial charge >= 0.3 is 0 Å². The third kappa shape index (κ3) is 3.74. The molecule has 0 aliphatic rings. The van der Waals surface area contributed by atoms with Gasteiger partial charge in [0.2, 0.25) is 0 Å². The molecule has 3 aromatic rings. The first-order chi connectivity index (χ1) is 12.2. The number of aromatic nitrogens is 2. The first-order valence-electron chi connectivity index (χ1n) is 8.24. The first kappa shape index (κ1) is 16.8. The number of imidazole rings is 1. The number of benzene rings is 1. The Balaban J connectivity index is 1.59. The summed E-state index contributed by atoms with van der Waals surface area (Å²) in [4.78, 5) is 17.1. The minimum Gasteiger partial charge on any atom is -0.497 e. The van der Waals surface area contributed by atoms with Gasteiger partial charge in [0.1, 0.15) is 29.4 Å². The van der Waals surface area contributed by atoms with Crippen LogP contribution in [0.5, 0.6) is 11.5 Å². The monoisotopic (exact) mass is 339 g/mol. The normalized spacial score (nSPS) is 10.6. The Hall–Kier alpha value is -3.02. The number of aryl methyl sites for hydroxylation is 1. The second kappa shape index (κ2) is 7.70. The molecule has 25 heavy (non-hydrogen) atoms. The van der Waals surface area contributed by atoms with Gasteiger partial charge < -0.3 is 14.8 Å². The van der Waals surface area contributed by atoms with Crippen molar-refractivity contribution in [2.75, 3.05) is 20.3 Å². The maximum absolute atomic E-state index is 12.6. The lowest BCUT2D eigenvalue weighted by atomic mass is 10.2. The largest absolute Gasteiger partial charge is 0.497 e. The van der Waals surface area contributed by atoms with E-state index in [-0.39, 0.29) is 5.91 Å². The molecule has 6 heteroatoms. The van der Waals surface area contributed by atoms with Gasteiger partial charge in [-0.25, -0.2) is 4.98 Å². The summed E-state index contributed by atoms with van der Waals surface area (Å²) >= 11 is 0. The van der Waals surface area contributed by atoms with Crippen LogP contribution >= 0.6 is 0 Å². The van der Waals surface area contributed by atoms with Crippen LogP contribution in [0, 0.1) is 0 Å². The van der Waals surface area contributed by atoms with Gasteiger partial charge in [0.25, 0.3) is 5.91 Å². The van der Waals surface area contributed by atoms with Crippen LogP contribution in [-0.2, 0) is 6.42 Å². The van der Waals surface area contributed by atoms with E-state index in [0.29, 0.717) is 25.3 Å². The standard InChI is InChI=1S/C19H21N3O3/c1-3-16-18(22-12-5-4-6-17(22)21-16)19(23)20-11-13-25-15-9-7-14(24-2)8-10-15/h4-10,12H,3,11,13H2,1-2H3,(H,20,23). The van der Waals surface area contributed by atoms with Gasteiger partial charge in [0, 0.05) is 6.20 Å². The summed E-state index contributed by atoms with van der Waals surface area (Å²) < 4.78 is 12.5. The molecular formula is C19H21N3O3. The number of ether oxygens (including phenoxy) is 2. The molecule has 0 aliphatic heterocycles. The van der Waals surface area contributed by atoms with E-state index >= 15 is 0 Å². The molecule has 0 fully saturated rings. The van der Waals surface area contributed by atoms with Crippen LogP contribution in [0.2, 0.25) is 0 Å². The van der Waals surface area contributed by atoms with Crippen molar-refractivity contribution in [3.05, 3.63) is 60.0 Å².